The van der Waals surface area contributed by atoms with Crippen LogP contribution in [0.2, 0.25) is 0 Å². The Hall–Kier alpha value is -3.42. The van der Waals surface area contributed by atoms with E-state index < -0.39 is 17.9 Å². The first-order valence-corrected chi connectivity index (χ1v) is 10.3. The molecule has 0 aliphatic carbocycles. The molecule has 1 aromatic carbocycles. The fourth-order valence-electron chi connectivity index (χ4n) is 3.96. The molecular weight excluding hydrogens is 396 g/mol. The molecule has 8 nitrogen and oxygen atoms in total. The number of ether oxygens (including phenoxy) is 1. The molecule has 0 spiro atoms. The van der Waals surface area contributed by atoms with Gasteiger partial charge in [-0.25, -0.2) is 4.79 Å². The Morgan fingerprint density at radius 3 is 2.48 bits per heavy atom. The minimum atomic E-state index is -0.762. The minimum absolute atomic E-state index is 0.167. The number of esters is 1. The third-order valence-electron chi connectivity index (χ3n) is 5.36. The first kappa shape index (κ1) is 22.3. The third kappa shape index (κ3) is 4.10. The normalized spacial score (nSPS) is 12.1. The van der Waals surface area contributed by atoms with Gasteiger partial charge in [-0.1, -0.05) is 18.6 Å². The van der Waals surface area contributed by atoms with Crippen LogP contribution in [-0.4, -0.2) is 32.8 Å². The molecule has 2 aromatic heterocycles. The van der Waals surface area contributed by atoms with Gasteiger partial charge in [-0.3, -0.25) is 18.8 Å². The summed E-state index contributed by atoms with van der Waals surface area (Å²) in [4.78, 5) is 38.6. The summed E-state index contributed by atoms with van der Waals surface area (Å²) in [6.07, 6.45) is 1.75. The van der Waals surface area contributed by atoms with Crippen LogP contribution < -0.4 is 10.9 Å². The molecule has 2 heterocycles. The van der Waals surface area contributed by atoms with Gasteiger partial charge in [0.2, 0.25) is 5.91 Å². The molecule has 8 heteroatoms. The smallest absolute Gasteiger partial charge is 0.343 e. The Bertz CT molecular complexity index is 1220. The van der Waals surface area contributed by atoms with Gasteiger partial charge < -0.3 is 10.1 Å². The van der Waals surface area contributed by atoms with Gasteiger partial charge in [0.25, 0.3) is 5.56 Å². The number of rotatable bonds is 6. The number of fused-ring (bicyclic) bond motifs is 1. The molecule has 0 bridgehead atoms. The highest BCUT2D eigenvalue weighted by Gasteiger charge is 2.26. The van der Waals surface area contributed by atoms with E-state index in [2.05, 4.69) is 10.4 Å². The predicted octanol–water partition coefficient (Wildman–Crippen LogP) is 3.43. The summed E-state index contributed by atoms with van der Waals surface area (Å²) in [5.74, 6) is -0.731. The summed E-state index contributed by atoms with van der Waals surface area (Å²) in [5, 5.41) is 7.79. The monoisotopic (exact) mass is 424 g/mol. The molecule has 3 rings (SSSR count). The molecule has 0 saturated heterocycles. The number of hydrogen-bond acceptors (Lipinski definition) is 5. The lowest BCUT2D eigenvalue weighted by atomic mass is 10.0. The Balaban J connectivity index is 2.10. The van der Waals surface area contributed by atoms with Crippen molar-refractivity contribution in [3.05, 3.63) is 57.0 Å². The lowest BCUT2D eigenvalue weighted by Gasteiger charge is -2.22. The third-order valence-corrected chi connectivity index (χ3v) is 5.36. The summed E-state index contributed by atoms with van der Waals surface area (Å²) < 4.78 is 8.01. The van der Waals surface area contributed by atoms with Crippen molar-refractivity contribution in [2.75, 3.05) is 11.9 Å². The molecule has 0 saturated carbocycles. The fourth-order valence-corrected chi connectivity index (χ4v) is 3.96. The zero-order chi connectivity index (χ0) is 22.9. The van der Waals surface area contributed by atoms with Crippen molar-refractivity contribution in [1.29, 1.82) is 0 Å². The van der Waals surface area contributed by atoms with Gasteiger partial charge in [-0.15, -0.1) is 0 Å². The van der Waals surface area contributed by atoms with E-state index in [1.54, 1.807) is 24.6 Å². The maximum absolute atomic E-state index is 13.3. The Kier molecular flexibility index (Phi) is 6.29. The van der Waals surface area contributed by atoms with E-state index in [-0.39, 0.29) is 23.5 Å². The van der Waals surface area contributed by atoms with Gasteiger partial charge in [-0.2, -0.15) is 5.10 Å². The van der Waals surface area contributed by atoms with E-state index in [0.29, 0.717) is 6.42 Å². The maximum atomic E-state index is 13.3. The Labute approximate surface area is 180 Å². The van der Waals surface area contributed by atoms with Crippen molar-refractivity contribution < 1.29 is 14.3 Å². The van der Waals surface area contributed by atoms with Crippen LogP contribution >= 0.6 is 0 Å². The molecule has 1 N–H and O–H groups in total. The topological polar surface area (TPSA) is 95.2 Å². The van der Waals surface area contributed by atoms with Crippen molar-refractivity contribution in [3.8, 4) is 0 Å². The highest BCUT2D eigenvalue weighted by atomic mass is 16.5. The van der Waals surface area contributed by atoms with Gasteiger partial charge in [-0.05, 0) is 51.3 Å². The number of amides is 1. The van der Waals surface area contributed by atoms with Crippen LogP contribution in [0.4, 0.5) is 5.82 Å². The van der Waals surface area contributed by atoms with Crippen LogP contribution in [0.1, 0.15) is 53.4 Å². The van der Waals surface area contributed by atoms with Gasteiger partial charge in [0.05, 0.1) is 18.3 Å². The first-order valence-electron chi connectivity index (χ1n) is 10.3. The SMILES string of the molecule is CCOC(=O)c1cnn(C)c1NC(=O)C(CC)n1c(=O)cc(C)c2cc(C)cc(C)c21. The lowest BCUT2D eigenvalue weighted by molar-refractivity contribution is -0.119. The van der Waals surface area contributed by atoms with Crippen LogP contribution in [0.25, 0.3) is 10.9 Å². The first-order chi connectivity index (χ1) is 14.7. The van der Waals surface area contributed by atoms with Gasteiger partial charge in [0, 0.05) is 18.5 Å². The Morgan fingerprint density at radius 2 is 1.84 bits per heavy atom. The van der Waals surface area contributed by atoms with Crippen molar-refractivity contribution in [1.82, 2.24) is 14.3 Å². The molecule has 1 atom stereocenters. The molecule has 3 aromatic rings. The number of anilines is 1. The van der Waals surface area contributed by atoms with Crippen LogP contribution in [-0.2, 0) is 16.6 Å². The summed E-state index contributed by atoms with van der Waals surface area (Å²) >= 11 is 0. The van der Waals surface area contributed by atoms with E-state index in [1.807, 2.05) is 39.8 Å². The number of carbonyl (C=O) groups is 2. The zero-order valence-electron chi connectivity index (χ0n) is 18.8. The van der Waals surface area contributed by atoms with E-state index in [9.17, 15) is 14.4 Å². The largest absolute Gasteiger partial charge is 0.462 e. The van der Waals surface area contributed by atoms with E-state index in [4.69, 9.17) is 4.74 Å². The highest BCUT2D eigenvalue weighted by Crippen LogP contribution is 2.27. The van der Waals surface area contributed by atoms with Crippen LogP contribution in [0.15, 0.2) is 29.2 Å². The molecule has 0 aliphatic rings. The van der Waals surface area contributed by atoms with Crippen molar-refractivity contribution in [2.24, 2.45) is 7.05 Å². The number of pyridine rings is 1. The predicted molar refractivity (Wildman–Crippen MR) is 120 cm³/mol. The second-order valence-electron chi connectivity index (χ2n) is 7.68. The molecule has 0 aliphatic heterocycles. The van der Waals surface area contributed by atoms with E-state index >= 15 is 0 Å². The number of aryl methyl sites for hydroxylation is 4. The van der Waals surface area contributed by atoms with Crippen molar-refractivity contribution >= 4 is 28.6 Å². The second-order valence-corrected chi connectivity index (χ2v) is 7.68. The standard InChI is InChI=1S/C23H28N4O4/c1-7-18(22(29)25-21-17(12-24-26(21)6)23(30)31-8-2)27-19(28)11-14(4)16-10-13(3)9-15(5)20(16)27/h9-12,18H,7-8H2,1-6H3,(H,25,29). The lowest BCUT2D eigenvalue weighted by Crippen LogP contribution is -2.34. The number of hydrogen-bond donors (Lipinski definition) is 1. The molecule has 1 amide bonds. The number of nitrogens with zero attached hydrogens (tertiary/aromatic N) is 3. The summed E-state index contributed by atoms with van der Waals surface area (Å²) in [7, 11) is 1.62. The maximum Gasteiger partial charge on any atom is 0.343 e. The average Bonchev–Trinajstić information content (AvgIpc) is 3.05. The minimum Gasteiger partial charge on any atom is -0.462 e. The van der Waals surface area contributed by atoms with Gasteiger partial charge in [0.1, 0.15) is 17.4 Å². The highest BCUT2D eigenvalue weighted by molar-refractivity contribution is 6.01. The average molecular weight is 425 g/mol. The molecular formula is C23H28N4O4. The summed E-state index contributed by atoms with van der Waals surface area (Å²) in [5.41, 5.74) is 3.55. The van der Waals surface area contributed by atoms with Crippen molar-refractivity contribution in [3.63, 3.8) is 0 Å². The zero-order valence-corrected chi connectivity index (χ0v) is 18.8. The van der Waals surface area contributed by atoms with Gasteiger partial charge >= 0.3 is 5.97 Å². The molecule has 0 radical (unpaired) electrons. The number of nitrogens with one attached hydrogen (secondary N) is 1. The quantitative estimate of drug-likeness (QED) is 0.612. The van der Waals surface area contributed by atoms with Crippen LogP contribution in [0, 0.1) is 20.8 Å². The van der Waals surface area contributed by atoms with Crippen molar-refractivity contribution in [2.45, 2.75) is 47.1 Å². The second kappa shape index (κ2) is 8.75. The van der Waals surface area contributed by atoms with Crippen LogP contribution in [0.3, 0.4) is 0 Å². The summed E-state index contributed by atoms with van der Waals surface area (Å²) in [6, 6.07) is 4.83. The molecule has 1 unspecified atom stereocenters. The molecule has 0 fully saturated rings. The number of benzene rings is 1. The fraction of sp³-hybridized carbons (Fsp3) is 0.391. The number of carbonyl (C=O) groups excluding carboxylic acids is 2. The Morgan fingerprint density at radius 1 is 1.13 bits per heavy atom. The number of aromatic nitrogens is 3. The summed E-state index contributed by atoms with van der Waals surface area (Å²) in [6.45, 7) is 9.61. The molecule has 164 valence electrons. The van der Waals surface area contributed by atoms with Gasteiger partial charge in [0.15, 0.2) is 0 Å². The van der Waals surface area contributed by atoms with Crippen LogP contribution in [0.5, 0.6) is 0 Å². The molecule has 31 heavy (non-hydrogen) atoms. The van der Waals surface area contributed by atoms with E-state index in [1.165, 1.54) is 10.9 Å². The van der Waals surface area contributed by atoms with E-state index in [0.717, 1.165) is 27.6 Å².